The Bertz CT molecular complexity index is 546. The van der Waals surface area contributed by atoms with Gasteiger partial charge in [-0.15, -0.1) is 0 Å². The van der Waals surface area contributed by atoms with Crippen LogP contribution >= 0.6 is 0 Å². The molecule has 1 aliphatic rings. The average molecular weight is 286 g/mol. The van der Waals surface area contributed by atoms with Crippen molar-refractivity contribution in [1.29, 1.82) is 5.26 Å². The van der Waals surface area contributed by atoms with Crippen LogP contribution in [0.2, 0.25) is 0 Å². The van der Waals surface area contributed by atoms with E-state index >= 15 is 0 Å². The van der Waals surface area contributed by atoms with Crippen molar-refractivity contribution in [2.24, 2.45) is 0 Å². The standard InChI is InChI=1S/C17H22N2O2/c1-21-17-11-14(7-8-16(17)20)15(12-18)19-10-9-13-5-3-2-4-6-13/h5,7-8,11,15,19-20H,2-4,6,9-10H2,1H3. The van der Waals surface area contributed by atoms with Gasteiger partial charge in [-0.05, 0) is 49.8 Å². The van der Waals surface area contributed by atoms with E-state index in [4.69, 9.17) is 4.74 Å². The second kappa shape index (κ2) is 7.70. The molecule has 4 heteroatoms. The van der Waals surface area contributed by atoms with E-state index in [9.17, 15) is 10.4 Å². The highest BCUT2D eigenvalue weighted by atomic mass is 16.5. The van der Waals surface area contributed by atoms with Crippen molar-refractivity contribution in [1.82, 2.24) is 5.32 Å². The van der Waals surface area contributed by atoms with Crippen molar-refractivity contribution in [3.8, 4) is 17.6 Å². The molecule has 4 nitrogen and oxygen atoms in total. The fourth-order valence-corrected chi connectivity index (χ4v) is 2.62. The first-order valence-electron chi connectivity index (χ1n) is 7.42. The molecule has 0 saturated carbocycles. The van der Waals surface area contributed by atoms with Gasteiger partial charge < -0.3 is 9.84 Å². The number of ether oxygens (including phenoxy) is 1. The van der Waals surface area contributed by atoms with E-state index in [1.54, 1.807) is 18.2 Å². The van der Waals surface area contributed by atoms with Gasteiger partial charge in [-0.3, -0.25) is 5.32 Å². The van der Waals surface area contributed by atoms with E-state index < -0.39 is 0 Å². The molecule has 0 saturated heterocycles. The van der Waals surface area contributed by atoms with Gasteiger partial charge in [-0.2, -0.15) is 5.26 Å². The third-order valence-corrected chi connectivity index (χ3v) is 3.85. The van der Waals surface area contributed by atoms with Crippen molar-refractivity contribution in [2.75, 3.05) is 13.7 Å². The molecule has 0 spiro atoms. The predicted molar refractivity (Wildman–Crippen MR) is 82.2 cm³/mol. The minimum absolute atomic E-state index is 0.0882. The van der Waals surface area contributed by atoms with Crippen LogP contribution in [0.25, 0.3) is 0 Å². The Kier molecular flexibility index (Phi) is 5.65. The van der Waals surface area contributed by atoms with E-state index in [-0.39, 0.29) is 11.8 Å². The maximum atomic E-state index is 9.60. The summed E-state index contributed by atoms with van der Waals surface area (Å²) in [6.07, 6.45) is 8.27. The number of aromatic hydroxyl groups is 1. The lowest BCUT2D eigenvalue weighted by Gasteiger charge is -2.16. The number of benzene rings is 1. The fourth-order valence-electron chi connectivity index (χ4n) is 2.62. The van der Waals surface area contributed by atoms with Gasteiger partial charge in [0, 0.05) is 6.54 Å². The quantitative estimate of drug-likeness (QED) is 0.786. The van der Waals surface area contributed by atoms with E-state index in [0.717, 1.165) is 18.5 Å². The summed E-state index contributed by atoms with van der Waals surface area (Å²) in [4.78, 5) is 0. The van der Waals surface area contributed by atoms with E-state index in [0.29, 0.717) is 5.75 Å². The summed E-state index contributed by atoms with van der Waals surface area (Å²) in [6, 6.07) is 6.89. The molecule has 0 heterocycles. The van der Waals surface area contributed by atoms with Crippen LogP contribution in [0.4, 0.5) is 0 Å². The number of rotatable bonds is 6. The minimum atomic E-state index is -0.385. The zero-order chi connectivity index (χ0) is 15.1. The second-order valence-corrected chi connectivity index (χ2v) is 5.31. The van der Waals surface area contributed by atoms with Crippen molar-refractivity contribution in [2.45, 2.75) is 38.1 Å². The van der Waals surface area contributed by atoms with Crippen molar-refractivity contribution < 1.29 is 9.84 Å². The second-order valence-electron chi connectivity index (χ2n) is 5.31. The Morgan fingerprint density at radius 1 is 1.43 bits per heavy atom. The molecular formula is C17H22N2O2. The molecule has 0 bridgehead atoms. The maximum absolute atomic E-state index is 9.60. The van der Waals surface area contributed by atoms with E-state index in [1.807, 2.05) is 0 Å². The Morgan fingerprint density at radius 3 is 2.95 bits per heavy atom. The monoisotopic (exact) mass is 286 g/mol. The summed E-state index contributed by atoms with van der Waals surface area (Å²) in [5.41, 5.74) is 2.30. The largest absolute Gasteiger partial charge is 0.504 e. The summed E-state index contributed by atoms with van der Waals surface area (Å²) < 4.78 is 5.08. The Labute approximate surface area is 126 Å². The molecule has 112 valence electrons. The number of hydrogen-bond donors (Lipinski definition) is 2. The molecule has 0 fully saturated rings. The van der Waals surface area contributed by atoms with Crippen LogP contribution in [-0.2, 0) is 0 Å². The molecule has 2 N–H and O–H groups in total. The summed E-state index contributed by atoms with van der Waals surface area (Å²) in [5.74, 6) is 0.481. The predicted octanol–water partition coefficient (Wildman–Crippen LogP) is 3.45. The number of allylic oxidation sites excluding steroid dienone is 1. The number of nitrogens with zero attached hydrogens (tertiary/aromatic N) is 1. The smallest absolute Gasteiger partial charge is 0.160 e. The molecule has 0 aliphatic heterocycles. The SMILES string of the molecule is COc1cc(C(C#N)NCCC2=CCCCC2)ccc1O. The van der Waals surface area contributed by atoms with Crippen molar-refractivity contribution >= 4 is 0 Å². The maximum Gasteiger partial charge on any atom is 0.160 e. The Hall–Kier alpha value is -1.99. The van der Waals surface area contributed by atoms with Crippen LogP contribution in [0.1, 0.15) is 43.7 Å². The molecule has 1 atom stereocenters. The number of phenols is 1. The zero-order valence-corrected chi connectivity index (χ0v) is 12.4. The highest BCUT2D eigenvalue weighted by Crippen LogP contribution is 2.29. The molecule has 0 radical (unpaired) electrons. The van der Waals surface area contributed by atoms with Crippen LogP contribution < -0.4 is 10.1 Å². The van der Waals surface area contributed by atoms with E-state index in [2.05, 4.69) is 17.5 Å². The van der Waals surface area contributed by atoms with Gasteiger partial charge in [0.25, 0.3) is 0 Å². The molecule has 1 unspecified atom stereocenters. The fraction of sp³-hybridized carbons (Fsp3) is 0.471. The number of nitriles is 1. The normalized spacial score (nSPS) is 15.9. The topological polar surface area (TPSA) is 65.3 Å². The van der Waals surface area contributed by atoms with Gasteiger partial charge in [0.1, 0.15) is 6.04 Å². The minimum Gasteiger partial charge on any atom is -0.504 e. The first-order valence-corrected chi connectivity index (χ1v) is 7.42. The van der Waals surface area contributed by atoms with Crippen LogP contribution in [0.3, 0.4) is 0 Å². The molecule has 1 aromatic carbocycles. The lowest BCUT2D eigenvalue weighted by atomic mass is 9.97. The van der Waals surface area contributed by atoms with Gasteiger partial charge in [-0.25, -0.2) is 0 Å². The van der Waals surface area contributed by atoms with Gasteiger partial charge in [0.2, 0.25) is 0 Å². The summed E-state index contributed by atoms with van der Waals surface area (Å²) >= 11 is 0. The number of hydrogen-bond acceptors (Lipinski definition) is 4. The van der Waals surface area contributed by atoms with Gasteiger partial charge in [-0.1, -0.05) is 17.7 Å². The van der Waals surface area contributed by atoms with Gasteiger partial charge in [0.15, 0.2) is 11.5 Å². The summed E-state index contributed by atoms with van der Waals surface area (Å²) in [7, 11) is 1.50. The number of phenolic OH excluding ortho intramolecular Hbond substituents is 1. The number of methoxy groups -OCH3 is 1. The molecule has 1 aliphatic carbocycles. The third kappa shape index (κ3) is 4.24. The highest BCUT2D eigenvalue weighted by Gasteiger charge is 2.13. The molecule has 0 amide bonds. The summed E-state index contributed by atoms with van der Waals surface area (Å²) in [6.45, 7) is 0.785. The molecule has 1 aromatic rings. The lowest BCUT2D eigenvalue weighted by Crippen LogP contribution is -2.21. The highest BCUT2D eigenvalue weighted by molar-refractivity contribution is 5.43. The molecule has 2 rings (SSSR count). The van der Waals surface area contributed by atoms with Crippen LogP contribution in [-0.4, -0.2) is 18.8 Å². The first kappa shape index (κ1) is 15.4. The lowest BCUT2D eigenvalue weighted by molar-refractivity contribution is 0.372. The molecular weight excluding hydrogens is 264 g/mol. The van der Waals surface area contributed by atoms with Crippen molar-refractivity contribution in [3.05, 3.63) is 35.4 Å². The van der Waals surface area contributed by atoms with Crippen LogP contribution in [0.5, 0.6) is 11.5 Å². The third-order valence-electron chi connectivity index (χ3n) is 3.85. The van der Waals surface area contributed by atoms with Crippen LogP contribution in [0, 0.1) is 11.3 Å². The molecule has 21 heavy (non-hydrogen) atoms. The van der Waals surface area contributed by atoms with Crippen molar-refractivity contribution in [3.63, 3.8) is 0 Å². The first-order chi connectivity index (χ1) is 10.2. The van der Waals surface area contributed by atoms with Gasteiger partial charge >= 0.3 is 0 Å². The number of nitrogens with one attached hydrogen (secondary N) is 1. The average Bonchev–Trinajstić information content (AvgIpc) is 2.53. The molecule has 0 aromatic heterocycles. The Morgan fingerprint density at radius 2 is 2.29 bits per heavy atom. The summed E-state index contributed by atoms with van der Waals surface area (Å²) in [5, 5.41) is 22.2. The van der Waals surface area contributed by atoms with Gasteiger partial charge in [0.05, 0.1) is 13.2 Å². The van der Waals surface area contributed by atoms with Crippen LogP contribution in [0.15, 0.2) is 29.8 Å². The Balaban J connectivity index is 1.93. The zero-order valence-electron chi connectivity index (χ0n) is 12.4. The van der Waals surface area contributed by atoms with E-state index in [1.165, 1.54) is 38.4 Å².